The summed E-state index contributed by atoms with van der Waals surface area (Å²) >= 11 is 5.36. The monoisotopic (exact) mass is 361 g/mol. The molecule has 3 rings (SSSR count). The third kappa shape index (κ3) is 2.71. The van der Waals surface area contributed by atoms with Crippen molar-refractivity contribution in [2.75, 3.05) is 14.2 Å². The number of halogens is 1. The highest BCUT2D eigenvalue weighted by Crippen LogP contribution is 2.35. The third-order valence-electron chi connectivity index (χ3n) is 3.62. The van der Waals surface area contributed by atoms with Crippen molar-refractivity contribution >= 4 is 37.4 Å². The fourth-order valence-electron chi connectivity index (χ4n) is 2.61. The minimum atomic E-state index is 0.162. The molecule has 0 amide bonds. The Kier molecular flexibility index (Phi) is 4.29. The predicted octanol–water partition coefficient (Wildman–Crippen LogP) is 4.98. The van der Waals surface area contributed by atoms with Crippen molar-refractivity contribution in [3.63, 3.8) is 0 Å². The lowest BCUT2D eigenvalue weighted by atomic mass is 9.98. The fraction of sp³-hybridized carbons (Fsp3) is 0.176. The molecule has 1 aromatic heterocycles. The molecule has 0 saturated heterocycles. The van der Waals surface area contributed by atoms with Gasteiger partial charge in [0.15, 0.2) is 0 Å². The molecule has 1 N–H and O–H groups in total. The van der Waals surface area contributed by atoms with E-state index in [9.17, 15) is 0 Å². The van der Waals surface area contributed by atoms with Gasteiger partial charge in [-0.3, -0.25) is 0 Å². The first-order chi connectivity index (χ1) is 10.2. The van der Waals surface area contributed by atoms with E-state index in [-0.39, 0.29) is 6.04 Å². The van der Waals surface area contributed by atoms with Gasteiger partial charge in [0.05, 0.1) is 17.6 Å². The zero-order chi connectivity index (χ0) is 14.8. The molecule has 1 unspecified atom stereocenters. The molecule has 0 aliphatic heterocycles. The molecule has 2 nitrogen and oxygen atoms in total. The van der Waals surface area contributed by atoms with Gasteiger partial charge >= 0.3 is 0 Å². The van der Waals surface area contributed by atoms with Crippen LogP contribution < -0.4 is 10.1 Å². The lowest BCUT2D eigenvalue weighted by molar-refractivity contribution is 0.412. The van der Waals surface area contributed by atoms with Crippen LogP contribution in [0.15, 0.2) is 52.3 Å². The molecule has 1 heterocycles. The van der Waals surface area contributed by atoms with Crippen molar-refractivity contribution in [3.8, 4) is 5.75 Å². The molecule has 0 bridgehead atoms. The van der Waals surface area contributed by atoms with Crippen LogP contribution in [0.25, 0.3) is 10.1 Å². The molecule has 21 heavy (non-hydrogen) atoms. The normalized spacial score (nSPS) is 12.5. The van der Waals surface area contributed by atoms with Crippen LogP contribution in [0.3, 0.4) is 0 Å². The van der Waals surface area contributed by atoms with Crippen molar-refractivity contribution in [1.29, 1.82) is 0 Å². The van der Waals surface area contributed by atoms with Crippen molar-refractivity contribution < 1.29 is 4.74 Å². The molecule has 0 radical (unpaired) electrons. The summed E-state index contributed by atoms with van der Waals surface area (Å²) in [5.74, 6) is 0.850. The van der Waals surface area contributed by atoms with Gasteiger partial charge in [0.1, 0.15) is 5.75 Å². The Hall–Kier alpha value is -1.36. The van der Waals surface area contributed by atoms with Gasteiger partial charge in [0.25, 0.3) is 0 Å². The van der Waals surface area contributed by atoms with Crippen LogP contribution in [-0.2, 0) is 0 Å². The van der Waals surface area contributed by atoms with Crippen LogP contribution >= 0.6 is 27.3 Å². The largest absolute Gasteiger partial charge is 0.496 e. The van der Waals surface area contributed by atoms with E-state index in [0.29, 0.717) is 0 Å². The zero-order valence-electron chi connectivity index (χ0n) is 11.9. The maximum atomic E-state index is 5.31. The van der Waals surface area contributed by atoms with Crippen LogP contribution in [0, 0.1) is 0 Å². The Morgan fingerprint density at radius 3 is 2.76 bits per heavy atom. The summed E-state index contributed by atoms with van der Waals surface area (Å²) in [5.41, 5.74) is 2.52. The van der Waals surface area contributed by atoms with Gasteiger partial charge in [-0.1, -0.05) is 24.3 Å². The molecular weight excluding hydrogens is 346 g/mol. The second-order valence-electron chi connectivity index (χ2n) is 4.80. The number of hydrogen-bond donors (Lipinski definition) is 1. The van der Waals surface area contributed by atoms with Crippen LogP contribution in [0.5, 0.6) is 5.75 Å². The Balaban J connectivity index is 2.10. The molecule has 1 atom stereocenters. The Morgan fingerprint density at radius 1 is 1.19 bits per heavy atom. The molecule has 0 aliphatic rings. The van der Waals surface area contributed by atoms with E-state index < -0.39 is 0 Å². The molecule has 0 fully saturated rings. The molecule has 108 valence electrons. The first-order valence-electron chi connectivity index (χ1n) is 6.71. The highest BCUT2D eigenvalue weighted by Gasteiger charge is 2.16. The number of thiophene rings is 1. The van der Waals surface area contributed by atoms with Crippen LogP contribution in [-0.4, -0.2) is 14.2 Å². The second-order valence-corrected chi connectivity index (χ2v) is 6.57. The Morgan fingerprint density at radius 2 is 2.05 bits per heavy atom. The lowest BCUT2D eigenvalue weighted by Crippen LogP contribution is -2.17. The van der Waals surface area contributed by atoms with Crippen LogP contribution in [0.2, 0.25) is 0 Å². The van der Waals surface area contributed by atoms with Gasteiger partial charge in [-0.15, -0.1) is 11.3 Å². The molecule has 4 heteroatoms. The first-order valence-corrected chi connectivity index (χ1v) is 8.38. The van der Waals surface area contributed by atoms with Gasteiger partial charge in [-0.25, -0.2) is 0 Å². The van der Waals surface area contributed by atoms with Crippen molar-refractivity contribution in [1.82, 2.24) is 5.32 Å². The number of benzene rings is 2. The number of hydrogen-bond acceptors (Lipinski definition) is 3. The van der Waals surface area contributed by atoms with Crippen molar-refractivity contribution in [2.24, 2.45) is 0 Å². The molecule has 0 aliphatic carbocycles. The van der Waals surface area contributed by atoms with Gasteiger partial charge in [-0.2, -0.15) is 0 Å². The van der Waals surface area contributed by atoms with E-state index in [4.69, 9.17) is 4.74 Å². The van der Waals surface area contributed by atoms with Gasteiger partial charge in [0.2, 0.25) is 0 Å². The quantitative estimate of drug-likeness (QED) is 0.707. The summed E-state index contributed by atoms with van der Waals surface area (Å²) in [4.78, 5) is 0. The van der Waals surface area contributed by atoms with E-state index in [1.807, 2.05) is 13.1 Å². The standard InChI is InChI=1S/C17H16BrNOS/c1-19-16(12-6-7-15(20-2)14(18)10-12)13-5-3-4-11-8-9-21-17(11)13/h3-10,16,19H,1-2H3. The highest BCUT2D eigenvalue weighted by molar-refractivity contribution is 9.10. The number of methoxy groups -OCH3 is 1. The van der Waals surface area contributed by atoms with Crippen molar-refractivity contribution in [3.05, 3.63) is 63.4 Å². The smallest absolute Gasteiger partial charge is 0.133 e. The minimum Gasteiger partial charge on any atom is -0.496 e. The molecule has 2 aromatic carbocycles. The zero-order valence-corrected chi connectivity index (χ0v) is 14.3. The van der Waals surface area contributed by atoms with E-state index in [1.165, 1.54) is 21.2 Å². The summed E-state index contributed by atoms with van der Waals surface area (Å²) in [5, 5.41) is 6.87. The number of rotatable bonds is 4. The number of fused-ring (bicyclic) bond motifs is 1. The number of nitrogens with one attached hydrogen (secondary N) is 1. The van der Waals surface area contributed by atoms with E-state index in [2.05, 4.69) is 63.0 Å². The van der Waals surface area contributed by atoms with Gasteiger partial charge < -0.3 is 10.1 Å². The SMILES string of the molecule is CNC(c1ccc(OC)c(Br)c1)c1cccc2ccsc12. The summed E-state index contributed by atoms with van der Waals surface area (Å²) in [6, 6.07) is 15.0. The second kappa shape index (κ2) is 6.18. The van der Waals surface area contributed by atoms with Crippen molar-refractivity contribution in [2.45, 2.75) is 6.04 Å². The first kappa shape index (κ1) is 14.6. The molecule has 0 spiro atoms. The minimum absolute atomic E-state index is 0.162. The summed E-state index contributed by atoms with van der Waals surface area (Å²) in [6.07, 6.45) is 0. The van der Waals surface area contributed by atoms with E-state index >= 15 is 0 Å². The topological polar surface area (TPSA) is 21.3 Å². The Labute approximate surface area is 136 Å². The third-order valence-corrected chi connectivity index (χ3v) is 5.22. The average Bonchev–Trinajstić information content (AvgIpc) is 2.97. The number of ether oxygens (including phenoxy) is 1. The van der Waals surface area contributed by atoms with Crippen LogP contribution in [0.4, 0.5) is 0 Å². The highest BCUT2D eigenvalue weighted by atomic mass is 79.9. The maximum absolute atomic E-state index is 5.31. The molecule has 3 aromatic rings. The predicted molar refractivity (Wildman–Crippen MR) is 93.4 cm³/mol. The average molecular weight is 362 g/mol. The summed E-state index contributed by atoms with van der Waals surface area (Å²) in [6.45, 7) is 0. The van der Waals surface area contributed by atoms with Crippen LogP contribution in [0.1, 0.15) is 17.2 Å². The van der Waals surface area contributed by atoms with Gasteiger partial charge in [-0.05, 0) is 63.1 Å². The summed E-state index contributed by atoms with van der Waals surface area (Å²) < 4.78 is 7.62. The van der Waals surface area contributed by atoms with E-state index in [1.54, 1.807) is 18.4 Å². The van der Waals surface area contributed by atoms with E-state index in [0.717, 1.165) is 10.2 Å². The van der Waals surface area contributed by atoms with Gasteiger partial charge in [0, 0.05) is 4.70 Å². The summed E-state index contributed by atoms with van der Waals surface area (Å²) in [7, 11) is 3.68. The Bertz CT molecular complexity index is 768. The maximum Gasteiger partial charge on any atom is 0.133 e. The molecular formula is C17H16BrNOS. The lowest BCUT2D eigenvalue weighted by Gasteiger charge is -2.19. The fourth-order valence-corrected chi connectivity index (χ4v) is 4.11. The molecule has 0 saturated carbocycles.